The second kappa shape index (κ2) is 4.37. The summed E-state index contributed by atoms with van der Waals surface area (Å²) in [6.45, 7) is 6.22. The first kappa shape index (κ1) is 11.9. The van der Waals surface area contributed by atoms with Crippen LogP contribution >= 0.6 is 11.3 Å². The van der Waals surface area contributed by atoms with Crippen molar-refractivity contribution in [2.24, 2.45) is 0 Å². The van der Waals surface area contributed by atoms with Gasteiger partial charge >= 0.3 is 0 Å². The van der Waals surface area contributed by atoms with E-state index >= 15 is 0 Å². The standard InChI is InChI=1S/C13H16N2OS/c1-7-5-8(2)11(12(16-4)9(7)3)10-6-17-13(14)15-10/h5-6H,1-4H3,(H2,14,15). The highest BCUT2D eigenvalue weighted by Gasteiger charge is 2.16. The number of ether oxygens (including phenoxy) is 1. The summed E-state index contributed by atoms with van der Waals surface area (Å²) in [6.07, 6.45) is 0. The van der Waals surface area contributed by atoms with Crippen LogP contribution in [0.2, 0.25) is 0 Å². The van der Waals surface area contributed by atoms with Gasteiger partial charge in [-0.15, -0.1) is 11.3 Å². The van der Waals surface area contributed by atoms with E-state index < -0.39 is 0 Å². The van der Waals surface area contributed by atoms with Crippen LogP contribution in [0.1, 0.15) is 16.7 Å². The molecule has 0 unspecified atom stereocenters. The maximum Gasteiger partial charge on any atom is 0.180 e. The number of anilines is 1. The van der Waals surface area contributed by atoms with Crippen LogP contribution in [0.5, 0.6) is 5.75 Å². The van der Waals surface area contributed by atoms with Gasteiger partial charge in [0.15, 0.2) is 5.13 Å². The summed E-state index contributed by atoms with van der Waals surface area (Å²) in [7, 11) is 1.69. The Morgan fingerprint density at radius 2 is 1.94 bits per heavy atom. The van der Waals surface area contributed by atoms with E-state index in [0.29, 0.717) is 5.13 Å². The summed E-state index contributed by atoms with van der Waals surface area (Å²) in [6, 6.07) is 2.16. The minimum Gasteiger partial charge on any atom is -0.496 e. The molecule has 2 N–H and O–H groups in total. The Kier molecular flexibility index (Phi) is 3.07. The molecule has 2 rings (SSSR count). The Balaban J connectivity index is 2.72. The van der Waals surface area contributed by atoms with Gasteiger partial charge in [0.05, 0.1) is 12.8 Å². The minimum atomic E-state index is 0.583. The van der Waals surface area contributed by atoms with Gasteiger partial charge in [0.1, 0.15) is 5.75 Å². The highest BCUT2D eigenvalue weighted by Crippen LogP contribution is 2.38. The van der Waals surface area contributed by atoms with Crippen molar-refractivity contribution < 1.29 is 4.74 Å². The predicted molar refractivity (Wildman–Crippen MR) is 72.7 cm³/mol. The average Bonchev–Trinajstić information content (AvgIpc) is 2.69. The number of nitrogens with two attached hydrogens (primary N) is 1. The quantitative estimate of drug-likeness (QED) is 0.886. The Hall–Kier alpha value is -1.55. The fraction of sp³-hybridized carbons (Fsp3) is 0.308. The van der Waals surface area contributed by atoms with E-state index in [0.717, 1.165) is 28.1 Å². The fourth-order valence-electron chi connectivity index (χ4n) is 2.03. The van der Waals surface area contributed by atoms with Crippen molar-refractivity contribution >= 4 is 16.5 Å². The lowest BCUT2D eigenvalue weighted by Crippen LogP contribution is -1.97. The zero-order valence-electron chi connectivity index (χ0n) is 10.5. The van der Waals surface area contributed by atoms with Crippen molar-refractivity contribution in [3.63, 3.8) is 0 Å². The van der Waals surface area contributed by atoms with Crippen molar-refractivity contribution in [1.29, 1.82) is 0 Å². The summed E-state index contributed by atoms with van der Waals surface area (Å²) in [4.78, 5) is 4.34. The van der Waals surface area contributed by atoms with Gasteiger partial charge in [-0.1, -0.05) is 6.07 Å². The third kappa shape index (κ3) is 2.00. The maximum absolute atomic E-state index is 5.69. The molecule has 0 radical (unpaired) electrons. The SMILES string of the molecule is COc1c(C)c(C)cc(C)c1-c1csc(N)n1. The molecule has 0 amide bonds. The van der Waals surface area contributed by atoms with Crippen LogP contribution in [0, 0.1) is 20.8 Å². The molecule has 2 aromatic rings. The van der Waals surface area contributed by atoms with Crippen molar-refractivity contribution in [2.45, 2.75) is 20.8 Å². The number of nitrogen functional groups attached to an aromatic ring is 1. The van der Waals surface area contributed by atoms with Crippen LogP contribution in [0.4, 0.5) is 5.13 Å². The lowest BCUT2D eigenvalue weighted by Gasteiger charge is -2.15. The molecular formula is C13H16N2OS. The van der Waals surface area contributed by atoms with E-state index in [4.69, 9.17) is 10.5 Å². The molecule has 1 aromatic heterocycles. The van der Waals surface area contributed by atoms with E-state index in [1.807, 2.05) is 5.38 Å². The first-order valence-corrected chi connectivity index (χ1v) is 6.28. The molecule has 0 saturated carbocycles. The molecule has 1 heterocycles. The molecule has 0 spiro atoms. The number of nitrogens with zero attached hydrogens (tertiary/aromatic N) is 1. The van der Waals surface area contributed by atoms with E-state index in [1.54, 1.807) is 7.11 Å². The summed E-state index contributed by atoms with van der Waals surface area (Å²) < 4.78 is 5.53. The summed E-state index contributed by atoms with van der Waals surface area (Å²) in [5.74, 6) is 0.896. The Labute approximate surface area is 105 Å². The molecule has 17 heavy (non-hydrogen) atoms. The average molecular weight is 248 g/mol. The van der Waals surface area contributed by atoms with Gasteiger partial charge in [-0.05, 0) is 37.5 Å². The molecule has 0 atom stereocenters. The van der Waals surface area contributed by atoms with Crippen LogP contribution in [-0.4, -0.2) is 12.1 Å². The van der Waals surface area contributed by atoms with Crippen molar-refractivity contribution in [3.05, 3.63) is 28.1 Å². The minimum absolute atomic E-state index is 0.583. The molecule has 0 aliphatic heterocycles. The van der Waals surface area contributed by atoms with Crippen LogP contribution in [0.3, 0.4) is 0 Å². The van der Waals surface area contributed by atoms with E-state index in [2.05, 4.69) is 31.8 Å². The molecule has 1 aromatic carbocycles. The molecule has 4 heteroatoms. The van der Waals surface area contributed by atoms with E-state index in [-0.39, 0.29) is 0 Å². The molecule has 0 bridgehead atoms. The zero-order valence-corrected chi connectivity index (χ0v) is 11.3. The summed E-state index contributed by atoms with van der Waals surface area (Å²) in [5.41, 5.74) is 11.2. The lowest BCUT2D eigenvalue weighted by atomic mass is 9.97. The monoisotopic (exact) mass is 248 g/mol. The number of thiazole rings is 1. The third-order valence-electron chi connectivity index (χ3n) is 2.97. The highest BCUT2D eigenvalue weighted by molar-refractivity contribution is 7.13. The van der Waals surface area contributed by atoms with Crippen LogP contribution in [0.15, 0.2) is 11.4 Å². The number of hydrogen-bond donors (Lipinski definition) is 1. The Bertz CT molecular complexity index is 561. The number of rotatable bonds is 2. The summed E-state index contributed by atoms with van der Waals surface area (Å²) >= 11 is 1.45. The van der Waals surface area contributed by atoms with Gasteiger partial charge in [-0.3, -0.25) is 0 Å². The molecular weight excluding hydrogens is 232 g/mol. The number of benzene rings is 1. The maximum atomic E-state index is 5.69. The first-order chi connectivity index (χ1) is 8.04. The van der Waals surface area contributed by atoms with Gasteiger partial charge in [0.25, 0.3) is 0 Å². The van der Waals surface area contributed by atoms with Crippen LogP contribution in [0.25, 0.3) is 11.3 Å². The van der Waals surface area contributed by atoms with Crippen LogP contribution < -0.4 is 10.5 Å². The van der Waals surface area contributed by atoms with Crippen molar-refractivity contribution in [2.75, 3.05) is 12.8 Å². The molecule has 3 nitrogen and oxygen atoms in total. The summed E-state index contributed by atoms with van der Waals surface area (Å²) in [5, 5.41) is 2.55. The first-order valence-electron chi connectivity index (χ1n) is 5.40. The highest BCUT2D eigenvalue weighted by atomic mass is 32.1. The number of aryl methyl sites for hydroxylation is 2. The smallest absolute Gasteiger partial charge is 0.180 e. The largest absolute Gasteiger partial charge is 0.496 e. The molecule has 0 fully saturated rings. The van der Waals surface area contributed by atoms with Crippen LogP contribution in [-0.2, 0) is 0 Å². The third-order valence-corrected chi connectivity index (χ3v) is 3.64. The molecule has 90 valence electrons. The second-order valence-corrected chi connectivity index (χ2v) is 5.00. The predicted octanol–water partition coefficient (Wildman–Crippen LogP) is 3.33. The molecule has 0 aliphatic rings. The number of methoxy groups -OCH3 is 1. The molecule has 0 aliphatic carbocycles. The van der Waals surface area contributed by atoms with Gasteiger partial charge in [-0.2, -0.15) is 0 Å². The lowest BCUT2D eigenvalue weighted by molar-refractivity contribution is 0.412. The normalized spacial score (nSPS) is 10.6. The van der Waals surface area contributed by atoms with Gasteiger partial charge in [0, 0.05) is 10.9 Å². The molecule has 0 saturated heterocycles. The second-order valence-electron chi connectivity index (χ2n) is 4.11. The van der Waals surface area contributed by atoms with Crippen molar-refractivity contribution in [3.8, 4) is 17.0 Å². The van der Waals surface area contributed by atoms with Crippen molar-refractivity contribution in [1.82, 2.24) is 4.98 Å². The zero-order chi connectivity index (χ0) is 12.6. The number of hydrogen-bond acceptors (Lipinski definition) is 4. The van der Waals surface area contributed by atoms with E-state index in [1.165, 1.54) is 16.9 Å². The fourth-order valence-corrected chi connectivity index (χ4v) is 2.58. The Morgan fingerprint density at radius 1 is 1.24 bits per heavy atom. The number of aromatic nitrogens is 1. The topological polar surface area (TPSA) is 48.1 Å². The van der Waals surface area contributed by atoms with Gasteiger partial charge in [0.2, 0.25) is 0 Å². The van der Waals surface area contributed by atoms with E-state index in [9.17, 15) is 0 Å². The van der Waals surface area contributed by atoms with Gasteiger partial charge in [-0.25, -0.2) is 4.98 Å². The Morgan fingerprint density at radius 3 is 2.47 bits per heavy atom. The van der Waals surface area contributed by atoms with Gasteiger partial charge < -0.3 is 10.5 Å².